The van der Waals surface area contributed by atoms with E-state index in [0.717, 1.165) is 15.5 Å². The number of aromatic hydroxyl groups is 1. The van der Waals surface area contributed by atoms with Crippen LogP contribution in [0.4, 0.5) is 0 Å². The molecule has 110 valence electrons. The number of phenols is 1. The molecule has 1 aliphatic rings. The Bertz CT molecular complexity index is 661. The third-order valence-corrected chi connectivity index (χ3v) is 5.78. The molecular formula is C17H18NO2S-. The van der Waals surface area contributed by atoms with Crippen LogP contribution in [0.3, 0.4) is 0 Å². The van der Waals surface area contributed by atoms with E-state index in [0.29, 0.717) is 12.0 Å². The van der Waals surface area contributed by atoms with Crippen molar-refractivity contribution >= 4 is 11.8 Å². The summed E-state index contributed by atoms with van der Waals surface area (Å²) in [5.41, 5.74) is 1.74. The van der Waals surface area contributed by atoms with Crippen LogP contribution in [0, 0.1) is 5.21 Å². The zero-order chi connectivity index (χ0) is 15.0. The van der Waals surface area contributed by atoms with Gasteiger partial charge in [0.05, 0.1) is 4.87 Å². The van der Waals surface area contributed by atoms with E-state index >= 15 is 0 Å². The quantitative estimate of drug-likeness (QED) is 0.879. The SMILES string of the molecule is CCC1(c2ccccc2O)Sc2ccccc2C(C)N1[O-]. The fourth-order valence-electron chi connectivity index (χ4n) is 2.98. The normalized spacial score (nSPS) is 25.6. The lowest BCUT2D eigenvalue weighted by atomic mass is 9.98. The molecule has 0 saturated carbocycles. The van der Waals surface area contributed by atoms with E-state index < -0.39 is 4.87 Å². The molecule has 0 aromatic heterocycles. The number of benzene rings is 2. The molecule has 0 radical (unpaired) electrons. The summed E-state index contributed by atoms with van der Waals surface area (Å²) in [6.45, 7) is 3.92. The summed E-state index contributed by atoms with van der Waals surface area (Å²) < 4.78 is 0. The first-order valence-electron chi connectivity index (χ1n) is 7.13. The van der Waals surface area contributed by atoms with Crippen molar-refractivity contribution in [2.45, 2.75) is 36.1 Å². The summed E-state index contributed by atoms with van der Waals surface area (Å²) in [7, 11) is 0. The van der Waals surface area contributed by atoms with Crippen LogP contribution >= 0.6 is 11.8 Å². The largest absolute Gasteiger partial charge is 0.784 e. The highest BCUT2D eigenvalue weighted by molar-refractivity contribution is 8.00. The van der Waals surface area contributed by atoms with Crippen LogP contribution < -0.4 is 0 Å². The van der Waals surface area contributed by atoms with Crippen LogP contribution in [0.2, 0.25) is 0 Å². The number of para-hydroxylation sites is 1. The van der Waals surface area contributed by atoms with Crippen molar-refractivity contribution in [3.63, 3.8) is 0 Å². The second kappa shape index (κ2) is 5.37. The van der Waals surface area contributed by atoms with E-state index in [1.165, 1.54) is 11.8 Å². The summed E-state index contributed by atoms with van der Waals surface area (Å²) in [5, 5.41) is 24.3. The molecule has 0 saturated heterocycles. The number of fused-ring (bicyclic) bond motifs is 1. The average molecular weight is 300 g/mol. The van der Waals surface area contributed by atoms with E-state index in [-0.39, 0.29) is 11.8 Å². The van der Waals surface area contributed by atoms with Crippen LogP contribution in [0.5, 0.6) is 5.75 Å². The molecule has 3 nitrogen and oxygen atoms in total. The summed E-state index contributed by atoms with van der Waals surface area (Å²) in [6, 6.07) is 14.9. The van der Waals surface area contributed by atoms with E-state index in [2.05, 4.69) is 0 Å². The highest BCUT2D eigenvalue weighted by Gasteiger charge is 2.41. The van der Waals surface area contributed by atoms with Crippen LogP contribution in [0.1, 0.15) is 37.4 Å². The molecule has 1 aliphatic heterocycles. The molecule has 2 aromatic carbocycles. The Labute approximate surface area is 129 Å². The van der Waals surface area contributed by atoms with Crippen molar-refractivity contribution in [3.8, 4) is 5.75 Å². The number of nitrogens with zero attached hydrogens (tertiary/aromatic N) is 1. The van der Waals surface area contributed by atoms with Gasteiger partial charge in [-0.15, -0.1) is 0 Å². The molecule has 0 amide bonds. The van der Waals surface area contributed by atoms with Crippen molar-refractivity contribution in [2.24, 2.45) is 0 Å². The van der Waals surface area contributed by atoms with E-state index in [9.17, 15) is 10.3 Å². The highest BCUT2D eigenvalue weighted by atomic mass is 32.2. The van der Waals surface area contributed by atoms with Gasteiger partial charge in [0, 0.05) is 16.5 Å². The van der Waals surface area contributed by atoms with Crippen molar-refractivity contribution in [3.05, 3.63) is 64.9 Å². The van der Waals surface area contributed by atoms with Gasteiger partial charge in [0.2, 0.25) is 0 Å². The molecule has 0 spiro atoms. The molecule has 0 fully saturated rings. The summed E-state index contributed by atoms with van der Waals surface area (Å²) in [5.74, 6) is 0.180. The zero-order valence-corrected chi connectivity index (χ0v) is 12.9. The number of phenolic OH excluding ortho intramolecular Hbond substituents is 1. The van der Waals surface area contributed by atoms with Crippen LogP contribution in [0.15, 0.2) is 53.4 Å². The lowest BCUT2D eigenvalue weighted by molar-refractivity contribution is 0.170. The Morgan fingerprint density at radius 1 is 1.19 bits per heavy atom. The number of rotatable bonds is 2. The minimum absolute atomic E-state index is 0.180. The summed E-state index contributed by atoms with van der Waals surface area (Å²) >= 11 is 1.54. The van der Waals surface area contributed by atoms with E-state index in [1.807, 2.05) is 50.2 Å². The third-order valence-electron chi connectivity index (χ3n) is 4.16. The monoisotopic (exact) mass is 300 g/mol. The fraction of sp³-hybridized carbons (Fsp3) is 0.294. The van der Waals surface area contributed by atoms with Gasteiger partial charge in [-0.05, 0) is 31.0 Å². The Morgan fingerprint density at radius 3 is 2.57 bits per heavy atom. The van der Waals surface area contributed by atoms with Crippen molar-refractivity contribution < 1.29 is 5.11 Å². The Balaban J connectivity index is 2.18. The fourth-order valence-corrected chi connectivity index (χ4v) is 4.52. The van der Waals surface area contributed by atoms with Gasteiger partial charge in [-0.2, -0.15) is 0 Å². The highest BCUT2D eigenvalue weighted by Crippen LogP contribution is 2.56. The molecular weight excluding hydrogens is 282 g/mol. The second-order valence-electron chi connectivity index (χ2n) is 5.30. The smallest absolute Gasteiger partial charge is 0.121 e. The number of hydroxylamine groups is 2. The molecule has 3 rings (SSSR count). The molecule has 1 heterocycles. The van der Waals surface area contributed by atoms with Gasteiger partial charge >= 0.3 is 0 Å². The maximum absolute atomic E-state index is 13.0. The predicted molar refractivity (Wildman–Crippen MR) is 86.0 cm³/mol. The zero-order valence-electron chi connectivity index (χ0n) is 12.1. The summed E-state index contributed by atoms with van der Waals surface area (Å²) in [6.07, 6.45) is 0.622. The molecule has 2 unspecified atom stereocenters. The number of hydrogen-bond donors (Lipinski definition) is 1. The summed E-state index contributed by atoms with van der Waals surface area (Å²) in [4.78, 5) is 0.334. The second-order valence-corrected chi connectivity index (χ2v) is 6.62. The van der Waals surface area contributed by atoms with Crippen LogP contribution in [-0.4, -0.2) is 10.2 Å². The lowest BCUT2D eigenvalue weighted by Gasteiger charge is -2.55. The van der Waals surface area contributed by atoms with Gasteiger partial charge in [-0.25, -0.2) is 0 Å². The maximum Gasteiger partial charge on any atom is 0.121 e. The van der Waals surface area contributed by atoms with Crippen molar-refractivity contribution in [2.75, 3.05) is 0 Å². The van der Waals surface area contributed by atoms with Gasteiger partial charge in [-0.1, -0.05) is 55.1 Å². The molecule has 0 bridgehead atoms. The van der Waals surface area contributed by atoms with Gasteiger partial charge in [-0.3, -0.25) is 0 Å². The molecule has 0 aliphatic carbocycles. The number of hydrogen-bond acceptors (Lipinski definition) is 4. The first-order valence-corrected chi connectivity index (χ1v) is 7.94. The Kier molecular flexibility index (Phi) is 3.69. The van der Waals surface area contributed by atoms with Crippen LogP contribution in [-0.2, 0) is 4.87 Å². The van der Waals surface area contributed by atoms with Crippen molar-refractivity contribution in [1.29, 1.82) is 0 Å². The minimum Gasteiger partial charge on any atom is -0.784 e. The maximum atomic E-state index is 13.0. The lowest BCUT2D eigenvalue weighted by Crippen LogP contribution is -2.43. The van der Waals surface area contributed by atoms with Gasteiger partial charge in [0.1, 0.15) is 5.75 Å². The molecule has 21 heavy (non-hydrogen) atoms. The van der Waals surface area contributed by atoms with Gasteiger partial charge in [0.15, 0.2) is 0 Å². The first kappa shape index (κ1) is 14.4. The Morgan fingerprint density at radius 2 is 1.86 bits per heavy atom. The van der Waals surface area contributed by atoms with E-state index in [4.69, 9.17) is 0 Å². The van der Waals surface area contributed by atoms with Crippen LogP contribution in [0.25, 0.3) is 0 Å². The van der Waals surface area contributed by atoms with Gasteiger partial charge < -0.3 is 15.4 Å². The minimum atomic E-state index is -0.779. The molecule has 1 N–H and O–H groups in total. The predicted octanol–water partition coefficient (Wildman–Crippen LogP) is 4.62. The molecule has 4 heteroatoms. The molecule has 2 atom stereocenters. The van der Waals surface area contributed by atoms with Gasteiger partial charge in [0.25, 0.3) is 0 Å². The first-order chi connectivity index (χ1) is 10.1. The standard InChI is InChI=1S/C17H18NO2S/c1-3-17(14-9-5-6-10-15(14)19)18(20)12(2)13-8-4-7-11-16(13)21-17/h4-12,19H,3H2,1-2H3/q-1. The average Bonchev–Trinajstić information content (AvgIpc) is 2.52. The number of thioether (sulfide) groups is 1. The van der Waals surface area contributed by atoms with Crippen molar-refractivity contribution in [1.82, 2.24) is 5.06 Å². The van der Waals surface area contributed by atoms with E-state index in [1.54, 1.807) is 12.1 Å². The molecule has 2 aromatic rings. The Hall–Kier alpha value is -1.49. The topological polar surface area (TPSA) is 46.5 Å². The third kappa shape index (κ3) is 2.14.